The highest BCUT2D eigenvalue weighted by Gasteiger charge is 2.28. The Kier molecular flexibility index (Phi) is 4.42. The van der Waals surface area contributed by atoms with Crippen LogP contribution in [0.2, 0.25) is 0 Å². The smallest absolute Gasteiger partial charge is 0.334 e. The first-order valence-electron chi connectivity index (χ1n) is 6.56. The van der Waals surface area contributed by atoms with E-state index in [9.17, 15) is 19.8 Å². The van der Waals surface area contributed by atoms with Crippen molar-refractivity contribution in [1.29, 1.82) is 0 Å². The van der Waals surface area contributed by atoms with Gasteiger partial charge >= 0.3 is 5.97 Å². The number of phenolic OH excluding ortho intramolecular Hbond substituents is 2. The number of aldehydes is 1. The number of phenols is 2. The standard InChI is InChI=1S/C16H16O5/c1-10(9-17)3-2-4-11-7-15(21-16(11)20)13-8-12(18)5-6-14(13)19/h3,5-9,15,18-19H,2,4H2,1H3. The predicted molar refractivity (Wildman–Crippen MR) is 75.7 cm³/mol. The molecule has 0 saturated carbocycles. The third kappa shape index (κ3) is 3.51. The van der Waals surface area contributed by atoms with Gasteiger partial charge in [0, 0.05) is 11.1 Å². The van der Waals surface area contributed by atoms with Crippen molar-refractivity contribution in [1.82, 2.24) is 0 Å². The molecule has 1 unspecified atom stereocenters. The van der Waals surface area contributed by atoms with Crippen molar-refractivity contribution in [3.63, 3.8) is 0 Å². The molecule has 1 heterocycles. The van der Waals surface area contributed by atoms with Crippen molar-refractivity contribution in [2.45, 2.75) is 25.9 Å². The van der Waals surface area contributed by atoms with Crippen molar-refractivity contribution < 1.29 is 24.5 Å². The van der Waals surface area contributed by atoms with Crippen molar-refractivity contribution >= 4 is 12.3 Å². The van der Waals surface area contributed by atoms with E-state index in [2.05, 4.69) is 0 Å². The minimum absolute atomic E-state index is 0.00904. The Morgan fingerprint density at radius 3 is 2.86 bits per heavy atom. The summed E-state index contributed by atoms with van der Waals surface area (Å²) in [6, 6.07) is 4.07. The molecule has 1 aliphatic rings. The molecular formula is C16H16O5. The summed E-state index contributed by atoms with van der Waals surface area (Å²) in [6.07, 6.45) is 4.45. The topological polar surface area (TPSA) is 83.8 Å². The molecule has 1 aromatic carbocycles. The fourth-order valence-electron chi connectivity index (χ4n) is 2.09. The number of benzene rings is 1. The van der Waals surface area contributed by atoms with Gasteiger partial charge in [-0.1, -0.05) is 6.08 Å². The van der Waals surface area contributed by atoms with E-state index in [1.54, 1.807) is 19.1 Å². The van der Waals surface area contributed by atoms with E-state index in [0.29, 0.717) is 29.6 Å². The lowest BCUT2D eigenvalue weighted by Gasteiger charge is -2.10. The van der Waals surface area contributed by atoms with Crippen LogP contribution >= 0.6 is 0 Å². The van der Waals surface area contributed by atoms with Gasteiger partial charge in [0.25, 0.3) is 0 Å². The monoisotopic (exact) mass is 288 g/mol. The fraction of sp³-hybridized carbons (Fsp3) is 0.250. The number of allylic oxidation sites excluding steroid dienone is 2. The van der Waals surface area contributed by atoms with Gasteiger partial charge in [0.15, 0.2) is 0 Å². The molecule has 0 aromatic heterocycles. The van der Waals surface area contributed by atoms with Crippen molar-refractivity contribution in [2.75, 3.05) is 0 Å². The lowest BCUT2D eigenvalue weighted by Crippen LogP contribution is -2.02. The Labute approximate surface area is 122 Å². The lowest BCUT2D eigenvalue weighted by atomic mass is 10.0. The maximum atomic E-state index is 11.8. The second-order valence-electron chi connectivity index (χ2n) is 4.87. The summed E-state index contributed by atoms with van der Waals surface area (Å²) in [5, 5.41) is 19.2. The number of rotatable bonds is 5. The number of hydrogen-bond donors (Lipinski definition) is 2. The second-order valence-corrected chi connectivity index (χ2v) is 4.87. The molecule has 0 bridgehead atoms. The molecule has 5 heteroatoms. The Hall–Kier alpha value is -2.56. The molecule has 110 valence electrons. The van der Waals surface area contributed by atoms with Crippen LogP contribution in [0.1, 0.15) is 31.4 Å². The first-order valence-corrected chi connectivity index (χ1v) is 6.56. The van der Waals surface area contributed by atoms with Gasteiger partial charge in [-0.05, 0) is 49.6 Å². The normalized spacial score (nSPS) is 18.3. The van der Waals surface area contributed by atoms with Crippen LogP contribution in [0.4, 0.5) is 0 Å². The van der Waals surface area contributed by atoms with Crippen molar-refractivity contribution in [2.24, 2.45) is 0 Å². The number of ether oxygens (including phenoxy) is 1. The van der Waals surface area contributed by atoms with Crippen LogP contribution in [0.25, 0.3) is 0 Å². The van der Waals surface area contributed by atoms with Gasteiger partial charge in [0.05, 0.1) is 0 Å². The van der Waals surface area contributed by atoms with Crippen molar-refractivity contribution in [3.8, 4) is 11.5 Å². The van der Waals surface area contributed by atoms with E-state index in [0.717, 1.165) is 6.29 Å². The van der Waals surface area contributed by atoms with Crippen LogP contribution in [0.3, 0.4) is 0 Å². The minimum atomic E-state index is -0.698. The molecule has 5 nitrogen and oxygen atoms in total. The molecule has 0 saturated heterocycles. The van der Waals surface area contributed by atoms with E-state index < -0.39 is 12.1 Å². The summed E-state index contributed by atoms with van der Waals surface area (Å²) < 4.78 is 5.19. The molecule has 1 aliphatic heterocycles. The summed E-state index contributed by atoms with van der Waals surface area (Å²) in [7, 11) is 0. The molecular weight excluding hydrogens is 272 g/mol. The van der Waals surface area contributed by atoms with Crippen LogP contribution in [0.15, 0.2) is 41.5 Å². The highest BCUT2D eigenvalue weighted by atomic mass is 16.5. The van der Waals surface area contributed by atoms with Gasteiger partial charge in [-0.15, -0.1) is 0 Å². The van der Waals surface area contributed by atoms with Crippen LogP contribution < -0.4 is 0 Å². The Bertz CT molecular complexity index is 628. The summed E-state index contributed by atoms with van der Waals surface area (Å²) in [6.45, 7) is 1.70. The number of aromatic hydroxyl groups is 2. The Morgan fingerprint density at radius 2 is 2.14 bits per heavy atom. The van der Waals surface area contributed by atoms with Crippen LogP contribution in [0.5, 0.6) is 11.5 Å². The number of esters is 1. The fourth-order valence-corrected chi connectivity index (χ4v) is 2.09. The average Bonchev–Trinajstić information content (AvgIpc) is 2.82. The maximum absolute atomic E-state index is 11.8. The van der Waals surface area contributed by atoms with Gasteiger partial charge < -0.3 is 14.9 Å². The zero-order valence-corrected chi connectivity index (χ0v) is 11.6. The minimum Gasteiger partial charge on any atom is -0.508 e. The largest absolute Gasteiger partial charge is 0.508 e. The van der Waals surface area contributed by atoms with Gasteiger partial charge in [-0.2, -0.15) is 0 Å². The first kappa shape index (κ1) is 14.8. The molecule has 2 N–H and O–H groups in total. The van der Waals surface area contributed by atoms with E-state index in [4.69, 9.17) is 4.74 Å². The number of carbonyl (C=O) groups excluding carboxylic acids is 2. The SMILES string of the molecule is CC(C=O)=CCCC1=CC(c2cc(O)ccc2O)OC1=O. The van der Waals surface area contributed by atoms with Gasteiger partial charge in [0.2, 0.25) is 0 Å². The third-order valence-corrected chi connectivity index (χ3v) is 3.23. The second kappa shape index (κ2) is 6.26. The molecule has 21 heavy (non-hydrogen) atoms. The highest BCUT2D eigenvalue weighted by molar-refractivity contribution is 5.91. The molecule has 0 aliphatic carbocycles. The van der Waals surface area contributed by atoms with E-state index >= 15 is 0 Å². The summed E-state index contributed by atoms with van der Waals surface area (Å²) in [5.41, 5.74) is 1.46. The van der Waals surface area contributed by atoms with Crippen LogP contribution in [-0.2, 0) is 14.3 Å². The molecule has 1 aromatic rings. The number of cyclic esters (lactones) is 1. The lowest BCUT2D eigenvalue weighted by molar-refractivity contribution is -0.140. The van der Waals surface area contributed by atoms with Gasteiger partial charge in [-0.25, -0.2) is 4.79 Å². The number of hydrogen-bond acceptors (Lipinski definition) is 5. The van der Waals surface area contributed by atoms with Gasteiger partial charge in [0.1, 0.15) is 23.9 Å². The summed E-state index contributed by atoms with van der Waals surface area (Å²) in [4.78, 5) is 22.3. The summed E-state index contributed by atoms with van der Waals surface area (Å²) >= 11 is 0. The zero-order chi connectivity index (χ0) is 15.4. The zero-order valence-electron chi connectivity index (χ0n) is 11.6. The van der Waals surface area contributed by atoms with E-state index in [1.807, 2.05) is 0 Å². The maximum Gasteiger partial charge on any atom is 0.334 e. The van der Waals surface area contributed by atoms with Crippen LogP contribution in [-0.4, -0.2) is 22.5 Å². The molecule has 1 atom stereocenters. The third-order valence-electron chi connectivity index (χ3n) is 3.23. The molecule has 2 rings (SSSR count). The predicted octanol–water partition coefficient (Wildman–Crippen LogP) is 2.55. The Balaban J connectivity index is 2.12. The molecule has 0 amide bonds. The Morgan fingerprint density at radius 1 is 1.38 bits per heavy atom. The highest BCUT2D eigenvalue weighted by Crippen LogP contribution is 2.36. The first-order chi connectivity index (χ1) is 10.0. The van der Waals surface area contributed by atoms with Gasteiger partial charge in [-0.3, -0.25) is 4.79 Å². The number of carbonyl (C=O) groups is 2. The van der Waals surface area contributed by atoms with Crippen molar-refractivity contribution in [3.05, 3.63) is 47.1 Å². The van der Waals surface area contributed by atoms with E-state index in [1.165, 1.54) is 18.2 Å². The molecule has 0 spiro atoms. The molecule has 0 fully saturated rings. The molecule has 0 radical (unpaired) electrons. The summed E-state index contributed by atoms with van der Waals surface area (Å²) in [5.74, 6) is -0.495. The van der Waals surface area contributed by atoms with E-state index in [-0.39, 0.29) is 11.5 Å². The average molecular weight is 288 g/mol. The quantitative estimate of drug-likeness (QED) is 0.376. The van der Waals surface area contributed by atoms with Crippen LogP contribution in [0, 0.1) is 0 Å².